The highest BCUT2D eigenvalue weighted by Gasteiger charge is 2.40. The minimum atomic E-state index is -4.57. The van der Waals surface area contributed by atoms with Gasteiger partial charge >= 0.3 is 0 Å². The Morgan fingerprint density at radius 3 is 2.21 bits per heavy atom. The van der Waals surface area contributed by atoms with Crippen molar-refractivity contribution in [3.05, 3.63) is 59.2 Å². The van der Waals surface area contributed by atoms with E-state index in [0.717, 1.165) is 6.07 Å². The molecule has 0 spiro atoms. The molecule has 2 unspecified atom stereocenters. The number of rotatable bonds is 4. The number of anilines is 1. The van der Waals surface area contributed by atoms with E-state index in [9.17, 15) is 40.3 Å². The Bertz CT molecular complexity index is 1050. The number of carbonyl (C=O) groups excluding carboxylic acids is 1. The molecule has 29 heavy (non-hydrogen) atoms. The van der Waals surface area contributed by atoms with Crippen LogP contribution in [-0.4, -0.2) is 49.1 Å². The van der Waals surface area contributed by atoms with Crippen LogP contribution in [0.2, 0.25) is 0 Å². The van der Waals surface area contributed by atoms with Crippen LogP contribution in [0.15, 0.2) is 35.2 Å². The monoisotopic (exact) mass is 436 g/mol. The van der Waals surface area contributed by atoms with Gasteiger partial charge in [0.2, 0.25) is 10.0 Å². The second kappa shape index (κ2) is 7.69. The fraction of sp³-hybridized carbons (Fsp3) is 0.235. The number of aliphatic hydroxyl groups is 1. The maximum atomic E-state index is 14.1. The number of hydrogen-bond acceptors (Lipinski definition) is 4. The van der Waals surface area contributed by atoms with Crippen molar-refractivity contribution in [1.29, 1.82) is 0 Å². The van der Waals surface area contributed by atoms with E-state index in [0.29, 0.717) is 28.6 Å². The molecular formula is C17H13F5N2O4S. The van der Waals surface area contributed by atoms with Crippen molar-refractivity contribution in [3.8, 4) is 0 Å². The molecule has 0 bridgehead atoms. The van der Waals surface area contributed by atoms with Gasteiger partial charge in [0, 0.05) is 36.5 Å². The van der Waals surface area contributed by atoms with Gasteiger partial charge in [-0.1, -0.05) is 0 Å². The van der Waals surface area contributed by atoms with E-state index >= 15 is 0 Å². The average Bonchev–Trinajstić information content (AvgIpc) is 2.99. The van der Waals surface area contributed by atoms with Gasteiger partial charge in [-0.05, 0) is 18.2 Å². The van der Waals surface area contributed by atoms with Gasteiger partial charge < -0.3 is 10.4 Å². The summed E-state index contributed by atoms with van der Waals surface area (Å²) in [4.78, 5) is 11.3. The summed E-state index contributed by atoms with van der Waals surface area (Å²) in [6.45, 7) is -1.28. The first-order valence-electron chi connectivity index (χ1n) is 8.08. The third-order valence-electron chi connectivity index (χ3n) is 4.24. The predicted octanol–water partition coefficient (Wildman–Crippen LogP) is 2.20. The molecule has 2 aromatic carbocycles. The minimum absolute atomic E-state index is 0.397. The quantitative estimate of drug-likeness (QED) is 0.569. The summed E-state index contributed by atoms with van der Waals surface area (Å²) in [5, 5.41) is 11.4. The average molecular weight is 436 g/mol. The van der Waals surface area contributed by atoms with Crippen LogP contribution >= 0.6 is 0 Å². The molecule has 1 fully saturated rings. The first-order chi connectivity index (χ1) is 13.5. The van der Waals surface area contributed by atoms with E-state index in [1.165, 1.54) is 0 Å². The van der Waals surface area contributed by atoms with Gasteiger partial charge in [0.1, 0.15) is 23.0 Å². The van der Waals surface area contributed by atoms with Gasteiger partial charge in [0.25, 0.3) is 5.91 Å². The van der Waals surface area contributed by atoms with Crippen LogP contribution in [0.25, 0.3) is 0 Å². The van der Waals surface area contributed by atoms with Crippen molar-refractivity contribution >= 4 is 21.6 Å². The van der Waals surface area contributed by atoms with Crippen LogP contribution in [-0.2, 0) is 10.0 Å². The summed E-state index contributed by atoms with van der Waals surface area (Å²) in [6, 6.07) is 3.26. The van der Waals surface area contributed by atoms with Crippen molar-refractivity contribution in [1.82, 2.24) is 4.31 Å². The van der Waals surface area contributed by atoms with E-state index < -0.39 is 80.7 Å². The molecular weight excluding hydrogens is 423 g/mol. The number of nitrogens with one attached hydrogen (secondary N) is 1. The smallest absolute Gasteiger partial charge is 0.255 e. The molecule has 1 aliphatic heterocycles. The van der Waals surface area contributed by atoms with Crippen molar-refractivity contribution in [3.63, 3.8) is 0 Å². The summed E-state index contributed by atoms with van der Waals surface area (Å²) in [6.07, 6.45) is -3.41. The second-order valence-electron chi connectivity index (χ2n) is 6.26. The molecule has 156 valence electrons. The molecule has 0 aromatic heterocycles. The lowest BCUT2D eigenvalue weighted by Gasteiger charge is -2.16. The third kappa shape index (κ3) is 4.09. The first kappa shape index (κ1) is 21.1. The topological polar surface area (TPSA) is 86.7 Å². The molecule has 1 amide bonds. The number of alkyl halides is 1. The van der Waals surface area contributed by atoms with Gasteiger partial charge in [-0.2, -0.15) is 4.31 Å². The zero-order chi connectivity index (χ0) is 21.5. The van der Waals surface area contributed by atoms with Gasteiger partial charge in [-0.15, -0.1) is 0 Å². The molecule has 1 heterocycles. The Kier molecular flexibility index (Phi) is 5.61. The standard InChI is InChI=1S/C17H13F5N2O4S/c18-10-2-1-8(17(26)23-9-4-11(19)16(22)12(20)5-9)3-15(10)29(27,28)24-6-13(21)14(25)7-24/h1-5,13-14,25H,6-7H2,(H,23,26). The third-order valence-corrected chi connectivity index (χ3v) is 6.09. The molecule has 6 nitrogen and oxygen atoms in total. The number of amides is 1. The molecule has 1 saturated heterocycles. The molecule has 2 N–H and O–H groups in total. The first-order valence-corrected chi connectivity index (χ1v) is 9.52. The van der Waals surface area contributed by atoms with Crippen molar-refractivity contribution < 1.29 is 40.3 Å². The van der Waals surface area contributed by atoms with Crippen LogP contribution in [0.1, 0.15) is 10.4 Å². The lowest BCUT2D eigenvalue weighted by molar-refractivity contribution is 0.102. The highest BCUT2D eigenvalue weighted by Crippen LogP contribution is 2.26. The van der Waals surface area contributed by atoms with Crippen molar-refractivity contribution in [2.24, 2.45) is 0 Å². The van der Waals surface area contributed by atoms with E-state index in [-0.39, 0.29) is 0 Å². The SMILES string of the molecule is O=C(Nc1cc(F)c(F)c(F)c1)c1ccc(F)c(S(=O)(=O)N2CC(O)C(F)C2)c1. The molecule has 12 heteroatoms. The maximum Gasteiger partial charge on any atom is 0.255 e. The maximum absolute atomic E-state index is 14.1. The lowest BCUT2D eigenvalue weighted by atomic mass is 10.2. The zero-order valence-corrected chi connectivity index (χ0v) is 15.2. The molecule has 0 saturated carbocycles. The van der Waals surface area contributed by atoms with Gasteiger partial charge in [0.15, 0.2) is 17.5 Å². The number of nitrogens with zero attached hydrogens (tertiary/aromatic N) is 1. The van der Waals surface area contributed by atoms with E-state index in [1.807, 2.05) is 5.32 Å². The number of hydrogen-bond donors (Lipinski definition) is 2. The van der Waals surface area contributed by atoms with E-state index in [4.69, 9.17) is 0 Å². The Labute approximate surface area is 161 Å². The van der Waals surface area contributed by atoms with Crippen molar-refractivity contribution in [2.45, 2.75) is 17.2 Å². The molecule has 1 aliphatic rings. The normalized spacial score (nSPS) is 20.1. The predicted molar refractivity (Wildman–Crippen MR) is 90.3 cm³/mol. The molecule has 0 radical (unpaired) electrons. The van der Waals surface area contributed by atoms with Crippen LogP contribution < -0.4 is 5.32 Å². The van der Waals surface area contributed by atoms with Gasteiger partial charge in [-0.25, -0.2) is 30.4 Å². The highest BCUT2D eigenvalue weighted by atomic mass is 32.2. The lowest BCUT2D eigenvalue weighted by Crippen LogP contribution is -2.30. The van der Waals surface area contributed by atoms with Crippen LogP contribution in [0, 0.1) is 23.3 Å². The molecule has 3 rings (SSSR count). The van der Waals surface area contributed by atoms with E-state index in [2.05, 4.69) is 0 Å². The van der Waals surface area contributed by atoms with Crippen LogP contribution in [0.3, 0.4) is 0 Å². The number of sulfonamides is 1. The Hall–Kier alpha value is -2.57. The number of β-amino-alcohol motifs (C(OH)–C–C–N with tert-alkyl or cyclic N) is 1. The summed E-state index contributed by atoms with van der Waals surface area (Å²) in [5.74, 6) is -7.14. The fourth-order valence-electron chi connectivity index (χ4n) is 2.72. The number of benzene rings is 2. The highest BCUT2D eigenvalue weighted by molar-refractivity contribution is 7.89. The molecule has 2 atom stereocenters. The zero-order valence-electron chi connectivity index (χ0n) is 14.4. The van der Waals surface area contributed by atoms with E-state index in [1.54, 1.807) is 0 Å². The summed E-state index contributed by atoms with van der Waals surface area (Å²) >= 11 is 0. The molecule has 2 aromatic rings. The number of halogens is 5. The summed E-state index contributed by atoms with van der Waals surface area (Å²) in [7, 11) is -4.57. The van der Waals surface area contributed by atoms with Crippen LogP contribution in [0.4, 0.5) is 27.6 Å². The summed E-state index contributed by atoms with van der Waals surface area (Å²) < 4.78 is 92.7. The second-order valence-corrected chi connectivity index (χ2v) is 8.16. The Balaban J connectivity index is 1.90. The summed E-state index contributed by atoms with van der Waals surface area (Å²) in [5.41, 5.74) is -0.852. The van der Waals surface area contributed by atoms with Crippen LogP contribution in [0.5, 0.6) is 0 Å². The van der Waals surface area contributed by atoms with Crippen molar-refractivity contribution in [2.75, 3.05) is 18.4 Å². The Morgan fingerprint density at radius 1 is 1.03 bits per heavy atom. The van der Waals surface area contributed by atoms with Gasteiger partial charge in [0.05, 0.1) is 0 Å². The largest absolute Gasteiger partial charge is 0.389 e. The fourth-order valence-corrected chi connectivity index (χ4v) is 4.28. The number of carbonyl (C=O) groups is 1. The minimum Gasteiger partial charge on any atom is -0.389 e. The Morgan fingerprint density at radius 2 is 1.66 bits per heavy atom. The number of aliphatic hydroxyl groups excluding tert-OH is 1. The molecule has 0 aliphatic carbocycles. The van der Waals surface area contributed by atoms with Gasteiger partial charge in [-0.3, -0.25) is 4.79 Å².